The van der Waals surface area contributed by atoms with Crippen molar-refractivity contribution < 1.29 is 33.3 Å². The normalized spacial score (nSPS) is 18.3. The van der Waals surface area contributed by atoms with Crippen molar-refractivity contribution in [1.82, 2.24) is 9.55 Å². The molecule has 0 bridgehead atoms. The van der Waals surface area contributed by atoms with Crippen LogP contribution in [0.1, 0.15) is 29.1 Å². The van der Waals surface area contributed by atoms with Gasteiger partial charge in [0.2, 0.25) is 0 Å². The Hall–Kier alpha value is -3.58. The molecule has 0 aliphatic carbocycles. The van der Waals surface area contributed by atoms with Crippen molar-refractivity contribution in [3.8, 4) is 28.7 Å². The number of ketones is 1. The lowest BCUT2D eigenvalue weighted by atomic mass is 10.0. The lowest BCUT2D eigenvalue weighted by Crippen LogP contribution is -2.30. The average molecular weight is 468 g/mol. The molecule has 0 radical (unpaired) electrons. The minimum Gasteiger partial charge on any atom is -0.482 e. The summed E-state index contributed by atoms with van der Waals surface area (Å²) in [5.41, 5.74) is 0.829. The molecule has 4 rings (SSSR count). The molecule has 2 heterocycles. The highest BCUT2D eigenvalue weighted by Crippen LogP contribution is 2.29. The van der Waals surface area contributed by atoms with Gasteiger partial charge in [-0.15, -0.1) is 0 Å². The van der Waals surface area contributed by atoms with Gasteiger partial charge in [-0.1, -0.05) is 24.0 Å². The number of aliphatic hydroxyl groups is 2. The van der Waals surface area contributed by atoms with Gasteiger partial charge in [0.05, 0.1) is 19.8 Å². The van der Waals surface area contributed by atoms with E-state index in [9.17, 15) is 23.8 Å². The number of benzene rings is 2. The largest absolute Gasteiger partial charge is 0.482 e. The summed E-state index contributed by atoms with van der Waals surface area (Å²) >= 11 is 0. The monoisotopic (exact) mass is 468 g/mol. The quantitative estimate of drug-likeness (QED) is 0.427. The molecule has 0 spiro atoms. The highest BCUT2D eigenvalue weighted by molar-refractivity contribution is 5.90. The van der Waals surface area contributed by atoms with Gasteiger partial charge in [0.1, 0.15) is 18.0 Å². The van der Waals surface area contributed by atoms with Crippen molar-refractivity contribution in [2.75, 3.05) is 19.8 Å². The van der Waals surface area contributed by atoms with Crippen molar-refractivity contribution in [3.05, 3.63) is 71.8 Å². The molecule has 3 atom stereocenters. The molecular weight excluding hydrogens is 446 g/mol. The van der Waals surface area contributed by atoms with Gasteiger partial charge < -0.3 is 24.3 Å². The highest BCUT2D eigenvalue weighted by atomic mass is 19.1. The fourth-order valence-electron chi connectivity index (χ4n) is 3.60. The van der Waals surface area contributed by atoms with E-state index in [2.05, 4.69) is 16.8 Å². The molecule has 34 heavy (non-hydrogen) atoms. The summed E-state index contributed by atoms with van der Waals surface area (Å²) in [6.07, 6.45) is 1.48. The Bertz CT molecular complexity index is 1260. The summed E-state index contributed by atoms with van der Waals surface area (Å²) in [5.74, 6) is 4.17. The Morgan fingerprint density at radius 1 is 1.26 bits per heavy atom. The van der Waals surface area contributed by atoms with Gasteiger partial charge in [-0.05, 0) is 29.8 Å². The minimum absolute atomic E-state index is 0.0549. The third-order valence-corrected chi connectivity index (χ3v) is 5.37. The van der Waals surface area contributed by atoms with E-state index in [4.69, 9.17) is 9.47 Å². The maximum atomic E-state index is 14.8. The van der Waals surface area contributed by atoms with Crippen molar-refractivity contribution in [3.63, 3.8) is 0 Å². The van der Waals surface area contributed by atoms with Crippen molar-refractivity contribution >= 4 is 5.78 Å². The van der Waals surface area contributed by atoms with Crippen LogP contribution in [0.4, 0.5) is 8.78 Å². The van der Waals surface area contributed by atoms with Crippen LogP contribution >= 0.6 is 0 Å². The number of carbonyl (C=O) groups excluding carboxylic acids is 1. The predicted molar refractivity (Wildman–Crippen MR) is 118 cm³/mol. The molecule has 1 aliphatic rings. The van der Waals surface area contributed by atoms with Gasteiger partial charge in [-0.2, -0.15) is 0 Å². The van der Waals surface area contributed by atoms with Crippen LogP contribution in [-0.4, -0.2) is 57.6 Å². The number of carbonyl (C=O) groups is 1. The summed E-state index contributed by atoms with van der Waals surface area (Å²) in [6.45, 7) is 1.29. The molecule has 2 N–H and O–H groups in total. The van der Waals surface area contributed by atoms with E-state index in [0.717, 1.165) is 6.07 Å². The Kier molecular flexibility index (Phi) is 7.03. The smallest absolute Gasteiger partial charge is 0.195 e. The Morgan fingerprint density at radius 2 is 2.09 bits per heavy atom. The zero-order valence-corrected chi connectivity index (χ0v) is 18.2. The van der Waals surface area contributed by atoms with Gasteiger partial charge >= 0.3 is 0 Å². The highest BCUT2D eigenvalue weighted by Gasteiger charge is 2.28. The first-order valence-electron chi connectivity index (χ1n) is 10.6. The molecule has 0 saturated carbocycles. The third-order valence-electron chi connectivity index (χ3n) is 5.37. The number of hydrogen-bond acceptors (Lipinski definition) is 6. The van der Waals surface area contributed by atoms with Gasteiger partial charge in [0, 0.05) is 30.4 Å². The molecular formula is C25H22F2N2O5. The van der Waals surface area contributed by atoms with Crippen molar-refractivity contribution in [2.24, 2.45) is 0 Å². The van der Waals surface area contributed by atoms with Gasteiger partial charge in [-0.25, -0.2) is 13.8 Å². The van der Waals surface area contributed by atoms with E-state index < -0.39 is 29.9 Å². The van der Waals surface area contributed by atoms with E-state index in [-0.39, 0.29) is 42.7 Å². The number of imidazole rings is 1. The van der Waals surface area contributed by atoms with E-state index >= 15 is 0 Å². The standard InChI is InChI=1S/C25H22F2N2O5/c1-15(31)25-28-8-9-29(25)18(12-30)5-2-16-3-6-19(20(26)10-16)17-4-7-23(21(27)11-17)34-24-14-33-13-22(24)32/h3-4,6-11,18,22,24,30,32H,12-14H2,1H3/t18-,22+,24+/m0/s1. The fourth-order valence-corrected chi connectivity index (χ4v) is 3.60. The van der Waals surface area contributed by atoms with Gasteiger partial charge in [0.25, 0.3) is 0 Å². The molecule has 0 unspecified atom stereocenters. The molecule has 7 nitrogen and oxygen atoms in total. The Morgan fingerprint density at radius 3 is 2.74 bits per heavy atom. The van der Waals surface area contributed by atoms with Crippen LogP contribution in [0, 0.1) is 23.5 Å². The number of halogens is 2. The molecule has 9 heteroatoms. The topological polar surface area (TPSA) is 93.8 Å². The van der Waals surface area contributed by atoms with Crippen LogP contribution in [0.25, 0.3) is 11.1 Å². The van der Waals surface area contributed by atoms with Crippen LogP contribution in [-0.2, 0) is 4.74 Å². The summed E-state index contributed by atoms with van der Waals surface area (Å²) in [7, 11) is 0. The van der Waals surface area contributed by atoms with E-state index in [1.54, 1.807) is 12.3 Å². The first-order valence-corrected chi connectivity index (χ1v) is 10.6. The summed E-state index contributed by atoms with van der Waals surface area (Å²) in [6, 6.07) is 7.61. The fraction of sp³-hybridized carbons (Fsp3) is 0.280. The summed E-state index contributed by atoms with van der Waals surface area (Å²) < 4.78 is 41.4. The predicted octanol–water partition coefficient (Wildman–Crippen LogP) is 2.75. The molecule has 176 valence electrons. The first-order chi connectivity index (χ1) is 16.4. The number of Topliss-reactive ketones (excluding diaryl/α,β-unsaturated/α-hetero) is 1. The van der Waals surface area contributed by atoms with Crippen LogP contribution in [0.3, 0.4) is 0 Å². The number of aliphatic hydroxyl groups excluding tert-OH is 2. The van der Waals surface area contributed by atoms with E-state index in [0.29, 0.717) is 11.1 Å². The second kappa shape index (κ2) is 10.1. The number of rotatable bonds is 6. The summed E-state index contributed by atoms with van der Waals surface area (Å²) in [4.78, 5) is 15.6. The van der Waals surface area contributed by atoms with Gasteiger partial charge in [-0.3, -0.25) is 4.79 Å². The average Bonchev–Trinajstić information content (AvgIpc) is 3.45. The lowest BCUT2D eigenvalue weighted by molar-refractivity contribution is 0.0708. The van der Waals surface area contributed by atoms with Gasteiger partial charge in [0.15, 0.2) is 29.3 Å². The maximum Gasteiger partial charge on any atom is 0.195 e. The zero-order chi connectivity index (χ0) is 24.2. The van der Waals surface area contributed by atoms with Crippen molar-refractivity contribution in [1.29, 1.82) is 0 Å². The number of nitrogens with zero attached hydrogens (tertiary/aromatic N) is 2. The van der Waals surface area contributed by atoms with Crippen LogP contribution in [0.5, 0.6) is 5.75 Å². The lowest BCUT2D eigenvalue weighted by Gasteiger charge is -2.16. The summed E-state index contributed by atoms with van der Waals surface area (Å²) in [5, 5.41) is 19.4. The molecule has 0 amide bonds. The Balaban J connectivity index is 1.53. The second-order valence-electron chi connectivity index (χ2n) is 7.78. The molecule has 1 saturated heterocycles. The van der Waals surface area contributed by atoms with Crippen LogP contribution in [0.15, 0.2) is 48.8 Å². The maximum absolute atomic E-state index is 14.8. The molecule has 1 aromatic heterocycles. The third kappa shape index (κ3) is 4.99. The molecule has 3 aromatic rings. The number of hydrogen-bond donors (Lipinski definition) is 2. The number of ether oxygens (including phenoxy) is 2. The van der Waals surface area contributed by atoms with E-state index in [1.165, 1.54) is 42.0 Å². The first kappa shape index (κ1) is 23.6. The molecule has 2 aromatic carbocycles. The van der Waals surface area contributed by atoms with Crippen LogP contribution in [0.2, 0.25) is 0 Å². The minimum atomic E-state index is -0.835. The van der Waals surface area contributed by atoms with E-state index in [1.807, 2.05) is 0 Å². The van der Waals surface area contributed by atoms with Crippen molar-refractivity contribution in [2.45, 2.75) is 25.2 Å². The zero-order valence-electron chi connectivity index (χ0n) is 18.2. The number of aromatic nitrogens is 2. The van der Waals surface area contributed by atoms with Crippen LogP contribution < -0.4 is 4.74 Å². The second-order valence-corrected chi connectivity index (χ2v) is 7.78. The molecule has 1 fully saturated rings. The molecule has 1 aliphatic heterocycles. The Labute approximate surface area is 194 Å². The SMILES string of the molecule is CC(=O)c1nccn1[C@@H](C#Cc1ccc(-c2ccc(O[C@@H]3COC[C@H]3O)c(F)c2)c(F)c1)CO.